The zero-order valence-corrected chi connectivity index (χ0v) is 29.4. The Morgan fingerprint density at radius 1 is 0.765 bits per heavy atom. The highest BCUT2D eigenvalue weighted by Crippen LogP contribution is 2.47. The Balaban J connectivity index is 1.41. The minimum Gasteiger partial charge on any atom is -0.322 e. The van der Waals surface area contributed by atoms with Gasteiger partial charge in [0.25, 0.3) is 5.91 Å². The van der Waals surface area contributed by atoms with Gasteiger partial charge < -0.3 is 5.32 Å². The van der Waals surface area contributed by atoms with E-state index < -0.39 is 0 Å². The van der Waals surface area contributed by atoms with Crippen LogP contribution in [0.1, 0.15) is 80.8 Å². The maximum absolute atomic E-state index is 14.3. The molecule has 7 heteroatoms. The molecule has 0 radical (unpaired) electrons. The molecule has 0 bridgehead atoms. The van der Waals surface area contributed by atoms with Crippen molar-refractivity contribution in [2.45, 2.75) is 45.1 Å². The minimum atomic E-state index is -0.378. The average molecular weight is 691 g/mol. The van der Waals surface area contributed by atoms with Gasteiger partial charge in [0.1, 0.15) is 5.56 Å². The lowest BCUT2D eigenvalue weighted by Gasteiger charge is -2.38. The number of hydrogen-bond donors (Lipinski definition) is 1. The number of benzene rings is 5. The summed E-state index contributed by atoms with van der Waals surface area (Å²) in [5, 5.41) is 8.45. The van der Waals surface area contributed by atoms with E-state index in [0.29, 0.717) is 27.7 Å². The maximum atomic E-state index is 14.3. The highest BCUT2D eigenvalue weighted by Gasteiger charge is 2.43. The van der Waals surface area contributed by atoms with Crippen molar-refractivity contribution in [1.82, 2.24) is 9.78 Å². The number of aryl methyl sites for hydroxylation is 2. The van der Waals surface area contributed by atoms with Crippen LogP contribution in [0.15, 0.2) is 145 Å². The Hall–Kier alpha value is -5.59. The molecule has 7 rings (SSSR count). The number of carbonyl (C=O) groups excluding carboxylic acids is 2. The topological polar surface area (TPSA) is 76.3 Å². The van der Waals surface area contributed by atoms with Gasteiger partial charge in [0.15, 0.2) is 11.6 Å². The fourth-order valence-electron chi connectivity index (χ4n) is 7.03. The van der Waals surface area contributed by atoms with E-state index in [1.165, 1.54) is 11.1 Å². The summed E-state index contributed by atoms with van der Waals surface area (Å²) in [7, 11) is 0. The molecule has 51 heavy (non-hydrogen) atoms. The molecule has 254 valence electrons. The van der Waals surface area contributed by atoms with Gasteiger partial charge in [-0.25, -0.2) is 9.67 Å². The van der Waals surface area contributed by atoms with E-state index in [1.807, 2.05) is 65.3 Å². The van der Waals surface area contributed by atoms with Crippen molar-refractivity contribution >= 4 is 40.5 Å². The van der Waals surface area contributed by atoms with Crippen molar-refractivity contribution in [3.05, 3.63) is 184 Å². The number of halogens is 1. The van der Waals surface area contributed by atoms with Crippen LogP contribution in [0.5, 0.6) is 0 Å². The van der Waals surface area contributed by atoms with E-state index >= 15 is 0 Å². The molecule has 0 fully saturated rings. The lowest BCUT2D eigenvalue weighted by atomic mass is 9.71. The summed E-state index contributed by atoms with van der Waals surface area (Å²) >= 11 is 6.11. The van der Waals surface area contributed by atoms with Crippen LogP contribution in [0, 0.1) is 5.92 Å². The van der Waals surface area contributed by atoms with E-state index in [2.05, 4.69) is 67.7 Å². The zero-order valence-electron chi connectivity index (χ0n) is 28.7. The maximum Gasteiger partial charge on any atom is 0.261 e. The van der Waals surface area contributed by atoms with Gasteiger partial charge in [-0.2, -0.15) is 5.10 Å². The molecular formula is C44H39ClN4O2. The van der Waals surface area contributed by atoms with Crippen LogP contribution in [0.2, 0.25) is 5.02 Å². The number of fused-ring (bicyclic) bond motifs is 1. The SMILES string of the molecule is CCc1ccc(C(=O)C[C@H](c2ccccc2)[C@@H]2C(c3ccc(CC)cc3)=Nc3c(C(=O)Nc4ccc(Cl)cc4)cnn3[C@@H]2c2ccccc2)cc1. The van der Waals surface area contributed by atoms with Gasteiger partial charge in [0.2, 0.25) is 0 Å². The number of aromatic nitrogens is 2. The van der Waals surface area contributed by atoms with Crippen molar-refractivity contribution in [2.75, 3.05) is 5.32 Å². The first-order chi connectivity index (χ1) is 24.9. The number of aliphatic imine (C=N–C) groups is 1. The molecule has 1 amide bonds. The molecule has 6 nitrogen and oxygen atoms in total. The second-order valence-electron chi connectivity index (χ2n) is 12.9. The molecule has 6 aromatic rings. The first-order valence-electron chi connectivity index (χ1n) is 17.5. The molecule has 2 heterocycles. The summed E-state index contributed by atoms with van der Waals surface area (Å²) < 4.78 is 1.87. The van der Waals surface area contributed by atoms with Gasteiger partial charge in [-0.3, -0.25) is 9.59 Å². The highest BCUT2D eigenvalue weighted by molar-refractivity contribution is 6.30. The van der Waals surface area contributed by atoms with Gasteiger partial charge in [0.05, 0.1) is 18.0 Å². The molecular weight excluding hydrogens is 652 g/mol. The average Bonchev–Trinajstić information content (AvgIpc) is 3.62. The van der Waals surface area contributed by atoms with Crippen LogP contribution >= 0.6 is 11.6 Å². The van der Waals surface area contributed by atoms with Gasteiger partial charge in [0, 0.05) is 34.5 Å². The first kappa shape index (κ1) is 33.9. The number of anilines is 1. The monoisotopic (exact) mass is 690 g/mol. The summed E-state index contributed by atoms with van der Waals surface area (Å²) in [4.78, 5) is 33.5. The number of nitrogens with one attached hydrogen (secondary N) is 1. The van der Waals surface area contributed by atoms with Gasteiger partial charge in [-0.05, 0) is 64.9 Å². The van der Waals surface area contributed by atoms with Crippen LogP contribution in [0.4, 0.5) is 11.5 Å². The largest absolute Gasteiger partial charge is 0.322 e. The van der Waals surface area contributed by atoms with Crippen LogP contribution in [-0.4, -0.2) is 27.2 Å². The first-order valence-corrected chi connectivity index (χ1v) is 17.9. The van der Waals surface area contributed by atoms with E-state index in [4.69, 9.17) is 21.7 Å². The summed E-state index contributed by atoms with van der Waals surface area (Å²) in [6, 6.07) is 43.5. The van der Waals surface area contributed by atoms with Gasteiger partial charge in [-0.1, -0.05) is 135 Å². The van der Waals surface area contributed by atoms with Gasteiger partial charge in [-0.15, -0.1) is 0 Å². The molecule has 1 aliphatic heterocycles. The smallest absolute Gasteiger partial charge is 0.261 e. The van der Waals surface area contributed by atoms with Crippen LogP contribution in [-0.2, 0) is 12.8 Å². The third-order valence-electron chi connectivity index (χ3n) is 9.81. The molecule has 1 aliphatic rings. The third-order valence-corrected chi connectivity index (χ3v) is 10.1. The fraction of sp³-hybridized carbons (Fsp3) is 0.182. The van der Waals surface area contributed by atoms with Crippen LogP contribution in [0.25, 0.3) is 0 Å². The van der Waals surface area contributed by atoms with E-state index in [-0.39, 0.29) is 36.0 Å². The molecule has 1 N–H and O–H groups in total. The molecule has 0 saturated carbocycles. The number of ketones is 1. The lowest BCUT2D eigenvalue weighted by molar-refractivity contribution is 0.0964. The highest BCUT2D eigenvalue weighted by atomic mass is 35.5. The summed E-state index contributed by atoms with van der Waals surface area (Å²) in [6.07, 6.45) is 3.67. The number of amides is 1. The Kier molecular flexibility index (Phi) is 10.0. The van der Waals surface area contributed by atoms with Crippen molar-refractivity contribution < 1.29 is 9.59 Å². The third kappa shape index (κ3) is 7.19. The van der Waals surface area contributed by atoms with Crippen molar-refractivity contribution in [3.8, 4) is 0 Å². The van der Waals surface area contributed by atoms with Gasteiger partial charge >= 0.3 is 0 Å². The number of nitrogens with zero attached hydrogens (tertiary/aromatic N) is 3. The summed E-state index contributed by atoms with van der Waals surface area (Å²) in [5.41, 5.74) is 7.86. The molecule has 0 unspecified atom stereocenters. The fourth-order valence-corrected chi connectivity index (χ4v) is 7.15. The Morgan fingerprint density at radius 3 is 2.00 bits per heavy atom. The Bertz CT molecular complexity index is 2160. The molecule has 3 atom stereocenters. The molecule has 0 spiro atoms. The standard InChI is InChI=1S/C44H39ClN4O2/c1-3-29-15-19-32(20-16-29)39(50)27-37(31-11-7-5-8-12-31)40-41(33-21-17-30(4-2)18-22-33)48-43-38(44(51)47-36-25-23-35(45)24-26-36)28-46-49(43)42(40)34-13-9-6-10-14-34/h5-26,28,37,40,42H,3-4,27H2,1-2H3,(H,47,51)/t37-,40-,42-/m1/s1. The molecule has 5 aromatic carbocycles. The molecule has 0 aliphatic carbocycles. The van der Waals surface area contributed by atoms with Crippen molar-refractivity contribution in [2.24, 2.45) is 10.9 Å². The van der Waals surface area contributed by atoms with Crippen molar-refractivity contribution in [1.29, 1.82) is 0 Å². The number of carbonyl (C=O) groups is 2. The zero-order chi connectivity index (χ0) is 35.3. The number of rotatable bonds is 11. The quantitative estimate of drug-likeness (QED) is 0.138. The normalized spacial score (nSPS) is 15.8. The van der Waals surface area contributed by atoms with Crippen molar-refractivity contribution in [3.63, 3.8) is 0 Å². The van der Waals surface area contributed by atoms with Crippen LogP contribution < -0.4 is 5.32 Å². The summed E-state index contributed by atoms with van der Waals surface area (Å²) in [6.45, 7) is 4.24. The predicted octanol–water partition coefficient (Wildman–Crippen LogP) is 10.3. The Labute approximate surface area is 303 Å². The second kappa shape index (κ2) is 15.1. The minimum absolute atomic E-state index is 0.0632. The molecule has 0 saturated heterocycles. The van der Waals surface area contributed by atoms with E-state index in [9.17, 15) is 9.59 Å². The summed E-state index contributed by atoms with van der Waals surface area (Å²) in [5.74, 6) is -0.384. The number of Topliss-reactive ketones (excluding diaryl/α,β-unsaturated/α-hetero) is 1. The predicted molar refractivity (Wildman–Crippen MR) is 206 cm³/mol. The second-order valence-corrected chi connectivity index (χ2v) is 13.3. The van der Waals surface area contributed by atoms with Crippen LogP contribution in [0.3, 0.4) is 0 Å². The lowest BCUT2D eigenvalue weighted by Crippen LogP contribution is -2.37. The number of hydrogen-bond acceptors (Lipinski definition) is 4. The molecule has 1 aromatic heterocycles. The Morgan fingerprint density at radius 2 is 1.37 bits per heavy atom. The van der Waals surface area contributed by atoms with E-state index in [1.54, 1.807) is 30.5 Å². The van der Waals surface area contributed by atoms with E-state index in [0.717, 1.165) is 35.2 Å².